The fraction of sp³-hybridized carbons (Fsp3) is 0.333. The largest absolute Gasteiger partial charge is 0.484 e. The Morgan fingerprint density at radius 2 is 1.77 bits per heavy atom. The molecule has 5 heteroatoms. The maximum absolute atomic E-state index is 12.4. The molecule has 2 atom stereocenters. The van der Waals surface area contributed by atoms with Crippen molar-refractivity contribution >= 4 is 11.7 Å². The molecule has 1 aliphatic rings. The molecule has 1 saturated heterocycles. The number of ketones is 1. The second kappa shape index (κ2) is 8.63. The predicted octanol–water partition coefficient (Wildman–Crippen LogP) is 2.41. The van der Waals surface area contributed by atoms with Crippen LogP contribution in [0.25, 0.3) is 0 Å². The van der Waals surface area contributed by atoms with Crippen LogP contribution < -0.4 is 15.4 Å². The van der Waals surface area contributed by atoms with E-state index in [0.29, 0.717) is 22.8 Å². The monoisotopic (exact) mass is 352 g/mol. The van der Waals surface area contributed by atoms with E-state index in [9.17, 15) is 9.59 Å². The summed E-state index contributed by atoms with van der Waals surface area (Å²) in [5.74, 6) is 0.835. The molecule has 2 unspecified atom stereocenters. The van der Waals surface area contributed by atoms with E-state index in [-0.39, 0.29) is 24.3 Å². The van der Waals surface area contributed by atoms with E-state index in [1.807, 2.05) is 18.2 Å². The van der Waals surface area contributed by atoms with Gasteiger partial charge in [0.15, 0.2) is 12.4 Å². The van der Waals surface area contributed by atoms with Crippen LogP contribution in [-0.2, 0) is 4.79 Å². The van der Waals surface area contributed by atoms with Gasteiger partial charge in [-0.05, 0) is 49.7 Å². The van der Waals surface area contributed by atoms with Crippen LogP contribution in [-0.4, -0.2) is 37.4 Å². The topological polar surface area (TPSA) is 67.4 Å². The number of rotatable bonds is 6. The first-order chi connectivity index (χ1) is 12.6. The number of hydrogen-bond acceptors (Lipinski definition) is 4. The van der Waals surface area contributed by atoms with E-state index < -0.39 is 0 Å². The Hall–Kier alpha value is -2.66. The lowest BCUT2D eigenvalue weighted by Gasteiger charge is -2.30. The average Bonchev–Trinajstić information content (AvgIpc) is 2.69. The zero-order valence-electron chi connectivity index (χ0n) is 14.9. The van der Waals surface area contributed by atoms with Crippen LogP contribution in [0, 0.1) is 5.92 Å². The third kappa shape index (κ3) is 4.70. The van der Waals surface area contributed by atoms with E-state index in [2.05, 4.69) is 17.6 Å². The lowest BCUT2D eigenvalue weighted by molar-refractivity contribution is -0.124. The molecule has 0 spiro atoms. The maximum atomic E-state index is 12.4. The highest BCUT2D eigenvalue weighted by Crippen LogP contribution is 2.16. The summed E-state index contributed by atoms with van der Waals surface area (Å²) in [6, 6.07) is 16.2. The van der Waals surface area contributed by atoms with Crippen LogP contribution >= 0.6 is 0 Å². The van der Waals surface area contributed by atoms with Gasteiger partial charge in [-0.3, -0.25) is 9.59 Å². The summed E-state index contributed by atoms with van der Waals surface area (Å²) < 4.78 is 5.55. The van der Waals surface area contributed by atoms with Crippen molar-refractivity contribution in [3.63, 3.8) is 0 Å². The van der Waals surface area contributed by atoms with Gasteiger partial charge in [-0.15, -0.1) is 0 Å². The van der Waals surface area contributed by atoms with Gasteiger partial charge in [0.1, 0.15) is 5.75 Å². The molecule has 3 rings (SSSR count). The highest BCUT2D eigenvalue weighted by atomic mass is 16.5. The third-order valence-corrected chi connectivity index (χ3v) is 4.65. The summed E-state index contributed by atoms with van der Waals surface area (Å²) in [6.45, 7) is 3.94. The Morgan fingerprint density at radius 3 is 2.46 bits per heavy atom. The van der Waals surface area contributed by atoms with Gasteiger partial charge in [0.05, 0.1) is 0 Å². The van der Waals surface area contributed by atoms with Gasteiger partial charge in [0, 0.05) is 17.2 Å². The summed E-state index contributed by atoms with van der Waals surface area (Å²) in [5, 5.41) is 6.34. The Bertz CT molecular complexity index is 744. The van der Waals surface area contributed by atoms with Crippen molar-refractivity contribution in [2.24, 2.45) is 5.92 Å². The number of amides is 1. The Balaban J connectivity index is 1.51. The summed E-state index contributed by atoms with van der Waals surface area (Å²) >= 11 is 0. The SMILES string of the molecule is CC1CNCCC1NC(=O)COc1ccc(C(=O)c2ccccc2)cc1. The van der Waals surface area contributed by atoms with Crippen LogP contribution in [0.2, 0.25) is 0 Å². The molecule has 2 aromatic rings. The minimum atomic E-state index is -0.117. The summed E-state index contributed by atoms with van der Waals surface area (Å²) in [4.78, 5) is 24.4. The number of carbonyl (C=O) groups is 2. The Morgan fingerprint density at radius 1 is 1.08 bits per heavy atom. The summed E-state index contributed by atoms with van der Waals surface area (Å²) in [7, 11) is 0. The second-order valence-electron chi connectivity index (χ2n) is 6.65. The molecule has 136 valence electrons. The molecule has 1 heterocycles. The summed E-state index contributed by atoms with van der Waals surface area (Å²) in [6.07, 6.45) is 0.934. The molecule has 5 nitrogen and oxygen atoms in total. The lowest BCUT2D eigenvalue weighted by Crippen LogP contribution is -2.49. The van der Waals surface area contributed by atoms with Gasteiger partial charge >= 0.3 is 0 Å². The van der Waals surface area contributed by atoms with Crippen LogP contribution in [0.5, 0.6) is 5.75 Å². The standard InChI is InChI=1S/C21H24N2O3/c1-15-13-22-12-11-19(15)23-20(24)14-26-18-9-7-17(8-10-18)21(25)16-5-3-2-4-6-16/h2-10,15,19,22H,11-14H2,1H3,(H,23,24). The maximum Gasteiger partial charge on any atom is 0.258 e. The molecule has 2 aromatic carbocycles. The first-order valence-electron chi connectivity index (χ1n) is 8.96. The van der Waals surface area contributed by atoms with Crippen molar-refractivity contribution in [1.82, 2.24) is 10.6 Å². The van der Waals surface area contributed by atoms with E-state index in [0.717, 1.165) is 19.5 Å². The quantitative estimate of drug-likeness (QED) is 0.784. The van der Waals surface area contributed by atoms with Crippen LogP contribution in [0.3, 0.4) is 0 Å². The fourth-order valence-corrected chi connectivity index (χ4v) is 3.08. The van der Waals surface area contributed by atoms with Gasteiger partial charge in [0.25, 0.3) is 5.91 Å². The molecular weight excluding hydrogens is 328 g/mol. The zero-order valence-corrected chi connectivity index (χ0v) is 14.9. The smallest absolute Gasteiger partial charge is 0.258 e. The average molecular weight is 352 g/mol. The first kappa shape index (κ1) is 18.1. The first-order valence-corrected chi connectivity index (χ1v) is 8.96. The van der Waals surface area contributed by atoms with E-state index in [4.69, 9.17) is 4.74 Å². The minimum absolute atomic E-state index is 0.0252. The van der Waals surface area contributed by atoms with Gasteiger partial charge < -0.3 is 15.4 Å². The fourth-order valence-electron chi connectivity index (χ4n) is 3.08. The number of carbonyl (C=O) groups excluding carboxylic acids is 2. The van der Waals surface area contributed by atoms with Crippen molar-refractivity contribution in [3.05, 3.63) is 65.7 Å². The predicted molar refractivity (Wildman–Crippen MR) is 100 cm³/mol. The highest BCUT2D eigenvalue weighted by Gasteiger charge is 2.22. The Labute approximate surface area is 153 Å². The van der Waals surface area contributed by atoms with Gasteiger partial charge in [-0.2, -0.15) is 0 Å². The summed E-state index contributed by atoms with van der Waals surface area (Å²) in [5.41, 5.74) is 1.24. The van der Waals surface area contributed by atoms with E-state index >= 15 is 0 Å². The number of nitrogens with one attached hydrogen (secondary N) is 2. The molecule has 2 N–H and O–H groups in total. The molecule has 0 aromatic heterocycles. The molecule has 1 fully saturated rings. The van der Waals surface area contributed by atoms with Gasteiger partial charge in [-0.1, -0.05) is 37.3 Å². The van der Waals surface area contributed by atoms with E-state index in [1.54, 1.807) is 36.4 Å². The Kier molecular flexibility index (Phi) is 6.02. The van der Waals surface area contributed by atoms with Crippen LogP contribution in [0.15, 0.2) is 54.6 Å². The normalized spacial score (nSPS) is 19.6. The number of ether oxygens (including phenoxy) is 1. The van der Waals surface area contributed by atoms with Crippen LogP contribution in [0.1, 0.15) is 29.3 Å². The molecular formula is C21H24N2O3. The highest BCUT2D eigenvalue weighted by molar-refractivity contribution is 6.08. The third-order valence-electron chi connectivity index (χ3n) is 4.65. The molecule has 0 saturated carbocycles. The van der Waals surface area contributed by atoms with Crippen molar-refractivity contribution in [3.8, 4) is 5.75 Å². The van der Waals surface area contributed by atoms with Gasteiger partial charge in [0.2, 0.25) is 0 Å². The van der Waals surface area contributed by atoms with Crippen LogP contribution in [0.4, 0.5) is 0 Å². The van der Waals surface area contributed by atoms with Crippen molar-refractivity contribution in [2.75, 3.05) is 19.7 Å². The van der Waals surface area contributed by atoms with Crippen molar-refractivity contribution in [1.29, 1.82) is 0 Å². The number of benzene rings is 2. The molecule has 0 aliphatic carbocycles. The number of hydrogen-bond donors (Lipinski definition) is 2. The van der Waals surface area contributed by atoms with Crippen molar-refractivity contribution < 1.29 is 14.3 Å². The lowest BCUT2D eigenvalue weighted by atomic mass is 9.95. The zero-order chi connectivity index (χ0) is 18.4. The van der Waals surface area contributed by atoms with Crippen molar-refractivity contribution in [2.45, 2.75) is 19.4 Å². The molecule has 0 radical (unpaired) electrons. The number of piperidine rings is 1. The molecule has 1 amide bonds. The molecule has 26 heavy (non-hydrogen) atoms. The molecule has 1 aliphatic heterocycles. The second-order valence-corrected chi connectivity index (χ2v) is 6.65. The minimum Gasteiger partial charge on any atom is -0.484 e. The van der Waals surface area contributed by atoms with E-state index in [1.165, 1.54) is 0 Å². The molecule has 0 bridgehead atoms. The van der Waals surface area contributed by atoms with Gasteiger partial charge in [-0.25, -0.2) is 0 Å².